The summed E-state index contributed by atoms with van der Waals surface area (Å²) in [6, 6.07) is 10.3. The second kappa shape index (κ2) is 4.23. The molecule has 1 fully saturated rings. The predicted molar refractivity (Wildman–Crippen MR) is 89.6 cm³/mol. The topological polar surface area (TPSA) is 17.1 Å². The van der Waals surface area contributed by atoms with Crippen LogP contribution in [0.15, 0.2) is 42.0 Å². The zero-order chi connectivity index (χ0) is 14.9. The number of carbonyl (C=O) groups is 1. The van der Waals surface area contributed by atoms with Crippen molar-refractivity contribution in [3.63, 3.8) is 0 Å². The van der Waals surface area contributed by atoms with Crippen LogP contribution in [0.5, 0.6) is 0 Å². The van der Waals surface area contributed by atoms with E-state index in [-0.39, 0.29) is 5.41 Å². The Morgan fingerprint density at radius 3 is 2.82 bits per heavy atom. The lowest BCUT2D eigenvalue weighted by molar-refractivity contribution is 0.0940. The van der Waals surface area contributed by atoms with Crippen LogP contribution in [0, 0.1) is 5.92 Å². The molecule has 3 aliphatic carbocycles. The Morgan fingerprint density at radius 1 is 1.14 bits per heavy atom. The van der Waals surface area contributed by atoms with E-state index in [1.807, 2.05) is 12.1 Å². The molecule has 2 atom stereocenters. The SMILES string of the molecule is O=C1CCC2(CC3=CCC2C3)c2cc3ccc(Cl)cc3cc21. The van der Waals surface area contributed by atoms with E-state index in [4.69, 9.17) is 11.6 Å². The molecule has 2 heteroatoms. The summed E-state index contributed by atoms with van der Waals surface area (Å²) >= 11 is 6.12. The van der Waals surface area contributed by atoms with Gasteiger partial charge in [-0.2, -0.15) is 0 Å². The van der Waals surface area contributed by atoms with E-state index in [1.54, 1.807) is 5.57 Å². The number of hydrogen-bond acceptors (Lipinski definition) is 1. The van der Waals surface area contributed by atoms with Gasteiger partial charge in [0.25, 0.3) is 0 Å². The summed E-state index contributed by atoms with van der Waals surface area (Å²) < 4.78 is 0. The average molecular weight is 309 g/mol. The van der Waals surface area contributed by atoms with E-state index in [0.29, 0.717) is 18.1 Å². The molecule has 0 N–H and O–H groups in total. The number of allylic oxidation sites excluding steroid dienone is 2. The Labute approximate surface area is 135 Å². The molecule has 0 saturated heterocycles. The fraction of sp³-hybridized carbons (Fsp3) is 0.350. The third-order valence-electron chi connectivity index (χ3n) is 6.10. The highest BCUT2D eigenvalue weighted by molar-refractivity contribution is 6.31. The molecule has 5 rings (SSSR count). The van der Waals surface area contributed by atoms with Gasteiger partial charge in [0.1, 0.15) is 0 Å². The first-order chi connectivity index (χ1) is 10.7. The van der Waals surface area contributed by atoms with Crippen LogP contribution in [0.2, 0.25) is 5.02 Å². The summed E-state index contributed by atoms with van der Waals surface area (Å²) in [5.74, 6) is 1.01. The zero-order valence-corrected chi connectivity index (χ0v) is 13.1. The second-order valence-corrected chi connectivity index (χ2v) is 7.58. The van der Waals surface area contributed by atoms with Crippen molar-refractivity contribution >= 4 is 28.2 Å². The van der Waals surface area contributed by atoms with Crippen molar-refractivity contribution in [3.8, 4) is 0 Å². The van der Waals surface area contributed by atoms with E-state index >= 15 is 0 Å². The summed E-state index contributed by atoms with van der Waals surface area (Å²) in [6.45, 7) is 0. The van der Waals surface area contributed by atoms with Crippen LogP contribution in [-0.4, -0.2) is 5.78 Å². The van der Waals surface area contributed by atoms with Gasteiger partial charge in [-0.3, -0.25) is 4.79 Å². The molecule has 2 bridgehead atoms. The van der Waals surface area contributed by atoms with Gasteiger partial charge in [0.15, 0.2) is 5.78 Å². The molecule has 1 spiro atoms. The fourth-order valence-electron chi connectivity index (χ4n) is 5.03. The van der Waals surface area contributed by atoms with E-state index in [9.17, 15) is 4.79 Å². The van der Waals surface area contributed by atoms with Gasteiger partial charge in [-0.15, -0.1) is 0 Å². The number of carbonyl (C=O) groups excluding carboxylic acids is 1. The highest BCUT2D eigenvalue weighted by Crippen LogP contribution is 2.58. The minimum atomic E-state index is 0.223. The van der Waals surface area contributed by atoms with Crippen molar-refractivity contribution < 1.29 is 4.79 Å². The van der Waals surface area contributed by atoms with E-state index in [1.165, 1.54) is 23.8 Å². The lowest BCUT2D eigenvalue weighted by Gasteiger charge is -2.41. The number of fused-ring (bicyclic) bond motifs is 6. The Hall–Kier alpha value is -1.60. The van der Waals surface area contributed by atoms with Crippen molar-refractivity contribution in [1.82, 2.24) is 0 Å². The van der Waals surface area contributed by atoms with Crippen molar-refractivity contribution in [1.29, 1.82) is 0 Å². The first-order valence-electron chi connectivity index (χ1n) is 8.11. The summed E-state index contributed by atoms with van der Waals surface area (Å²) in [4.78, 5) is 12.5. The molecular weight excluding hydrogens is 292 g/mol. The molecular formula is C20H17ClO. The lowest BCUT2D eigenvalue weighted by atomic mass is 9.62. The fourth-order valence-corrected chi connectivity index (χ4v) is 5.21. The summed E-state index contributed by atoms with van der Waals surface area (Å²) in [5.41, 5.74) is 4.10. The standard InChI is InChI=1S/C20H17ClO/c21-16-4-2-13-10-18-17(9-14(13)8-16)19(22)5-6-20(18)11-12-1-3-15(20)7-12/h1-2,4,8-10,15H,3,5-7,11H2. The van der Waals surface area contributed by atoms with E-state index in [2.05, 4.69) is 24.3 Å². The molecule has 0 heterocycles. The molecule has 0 aliphatic heterocycles. The average Bonchev–Trinajstić information content (AvgIpc) is 3.11. The largest absolute Gasteiger partial charge is 0.294 e. The molecule has 0 amide bonds. The van der Waals surface area contributed by atoms with Crippen molar-refractivity contribution in [3.05, 3.63) is 58.1 Å². The molecule has 3 aliphatic rings. The number of benzene rings is 2. The van der Waals surface area contributed by atoms with Crippen molar-refractivity contribution in [2.45, 2.75) is 37.5 Å². The van der Waals surface area contributed by atoms with Gasteiger partial charge in [-0.25, -0.2) is 0 Å². The molecule has 1 nitrogen and oxygen atoms in total. The Balaban J connectivity index is 1.79. The van der Waals surface area contributed by atoms with Crippen LogP contribution in [0.3, 0.4) is 0 Å². The van der Waals surface area contributed by atoms with E-state index in [0.717, 1.165) is 28.8 Å². The van der Waals surface area contributed by atoms with E-state index < -0.39 is 0 Å². The minimum Gasteiger partial charge on any atom is -0.294 e. The highest BCUT2D eigenvalue weighted by atomic mass is 35.5. The Morgan fingerprint density at radius 2 is 2.05 bits per heavy atom. The Kier molecular flexibility index (Phi) is 2.48. The molecule has 2 aromatic carbocycles. The second-order valence-electron chi connectivity index (χ2n) is 7.14. The molecule has 1 saturated carbocycles. The third-order valence-corrected chi connectivity index (χ3v) is 6.33. The first-order valence-corrected chi connectivity index (χ1v) is 8.48. The number of Topliss-reactive ketones (excluding diaryl/α,β-unsaturated/α-hetero) is 1. The summed E-state index contributed by atoms with van der Waals surface area (Å²) in [7, 11) is 0. The molecule has 0 aromatic heterocycles. The monoisotopic (exact) mass is 308 g/mol. The van der Waals surface area contributed by atoms with Crippen molar-refractivity contribution in [2.75, 3.05) is 0 Å². The quantitative estimate of drug-likeness (QED) is 0.592. The number of ketones is 1. The normalized spacial score (nSPS) is 29.2. The molecule has 0 radical (unpaired) electrons. The molecule has 2 aromatic rings. The van der Waals surface area contributed by atoms with Gasteiger partial charge < -0.3 is 0 Å². The van der Waals surface area contributed by atoms with Crippen molar-refractivity contribution in [2.24, 2.45) is 5.92 Å². The summed E-state index contributed by atoms with van der Waals surface area (Å²) in [5, 5.41) is 3.02. The van der Waals surface area contributed by atoms with Crippen LogP contribution in [-0.2, 0) is 5.41 Å². The molecule has 110 valence electrons. The third kappa shape index (κ3) is 1.58. The smallest absolute Gasteiger partial charge is 0.163 e. The van der Waals surface area contributed by atoms with Crippen LogP contribution in [0.25, 0.3) is 10.8 Å². The lowest BCUT2D eigenvalue weighted by Crippen LogP contribution is -2.37. The van der Waals surface area contributed by atoms with Gasteiger partial charge in [-0.05, 0) is 72.2 Å². The van der Waals surface area contributed by atoms with Gasteiger partial charge in [0.05, 0.1) is 0 Å². The number of halogens is 1. The Bertz CT molecular complexity index is 863. The van der Waals surface area contributed by atoms with Gasteiger partial charge in [0, 0.05) is 22.4 Å². The summed E-state index contributed by atoms with van der Waals surface area (Å²) in [6.07, 6.45) is 7.75. The van der Waals surface area contributed by atoms with Crippen LogP contribution >= 0.6 is 11.6 Å². The first kappa shape index (κ1) is 12.9. The zero-order valence-electron chi connectivity index (χ0n) is 12.4. The maximum Gasteiger partial charge on any atom is 0.163 e. The van der Waals surface area contributed by atoms with Crippen LogP contribution < -0.4 is 0 Å². The van der Waals surface area contributed by atoms with Gasteiger partial charge in [-0.1, -0.05) is 29.3 Å². The molecule has 22 heavy (non-hydrogen) atoms. The highest BCUT2D eigenvalue weighted by Gasteiger charge is 2.51. The van der Waals surface area contributed by atoms with Crippen LogP contribution in [0.1, 0.15) is 48.0 Å². The molecule has 2 unspecified atom stereocenters. The van der Waals surface area contributed by atoms with Gasteiger partial charge in [0.2, 0.25) is 0 Å². The maximum atomic E-state index is 12.5. The van der Waals surface area contributed by atoms with Gasteiger partial charge >= 0.3 is 0 Å². The number of rotatable bonds is 0. The predicted octanol–water partition coefficient (Wildman–Crippen LogP) is 5.45. The minimum absolute atomic E-state index is 0.223. The maximum absolute atomic E-state index is 12.5. The number of hydrogen-bond donors (Lipinski definition) is 0. The van der Waals surface area contributed by atoms with Crippen LogP contribution in [0.4, 0.5) is 0 Å².